The molecule has 162 valence electrons. The number of aromatic nitrogens is 2. The van der Waals surface area contributed by atoms with Crippen LogP contribution in [-0.4, -0.2) is 66.1 Å². The summed E-state index contributed by atoms with van der Waals surface area (Å²) in [5, 5.41) is 6.89. The van der Waals surface area contributed by atoms with Crippen LogP contribution in [0.1, 0.15) is 46.0 Å². The van der Waals surface area contributed by atoms with Gasteiger partial charge in [-0.3, -0.25) is 9.69 Å². The number of hydrogen-bond acceptors (Lipinski definition) is 6. The molecule has 2 aliphatic rings. The van der Waals surface area contributed by atoms with E-state index in [-0.39, 0.29) is 5.91 Å². The summed E-state index contributed by atoms with van der Waals surface area (Å²) in [4.78, 5) is 24.7. The second kappa shape index (κ2) is 10.6. The summed E-state index contributed by atoms with van der Waals surface area (Å²) in [5.41, 5.74) is 0. The maximum Gasteiger partial charge on any atom is 0.226 e. The molecule has 0 spiro atoms. The van der Waals surface area contributed by atoms with E-state index < -0.39 is 0 Å². The van der Waals surface area contributed by atoms with Crippen LogP contribution in [0.25, 0.3) is 0 Å². The van der Waals surface area contributed by atoms with Gasteiger partial charge in [0.25, 0.3) is 0 Å². The molecule has 0 radical (unpaired) electrons. The molecule has 1 aromatic heterocycles. The van der Waals surface area contributed by atoms with Crippen molar-refractivity contribution in [2.45, 2.75) is 52.0 Å². The van der Waals surface area contributed by atoms with Gasteiger partial charge in [0, 0.05) is 45.7 Å². The number of rotatable bonds is 7. The molecule has 0 atom stereocenters. The number of carbonyl (C=O) groups is 1. The normalized spacial score (nSPS) is 23.1. The van der Waals surface area contributed by atoms with Gasteiger partial charge in [0.2, 0.25) is 11.9 Å². The van der Waals surface area contributed by atoms with E-state index in [1.807, 2.05) is 6.92 Å². The molecule has 1 aliphatic heterocycles. The Kier molecular flexibility index (Phi) is 8.21. The van der Waals surface area contributed by atoms with Crippen molar-refractivity contribution >= 4 is 40.9 Å². The van der Waals surface area contributed by atoms with Crippen molar-refractivity contribution in [2.24, 2.45) is 5.92 Å². The number of halogens is 2. The molecule has 1 saturated carbocycles. The molecule has 1 aromatic rings. The largest absolute Gasteiger partial charge is 0.354 e. The Morgan fingerprint density at radius 2 is 1.79 bits per heavy atom. The quantitative estimate of drug-likeness (QED) is 0.630. The number of hydrogen-bond donors (Lipinski definition) is 2. The summed E-state index contributed by atoms with van der Waals surface area (Å²) >= 11 is 12.6. The molecule has 3 rings (SSSR count). The molecule has 1 saturated heterocycles. The monoisotopic (exact) mass is 442 g/mol. The van der Waals surface area contributed by atoms with Gasteiger partial charge in [-0.05, 0) is 51.5 Å². The Balaban J connectivity index is 1.44. The highest BCUT2D eigenvalue weighted by atomic mass is 35.5. The predicted molar refractivity (Wildman–Crippen MR) is 119 cm³/mol. The van der Waals surface area contributed by atoms with E-state index in [0.717, 1.165) is 63.8 Å². The minimum absolute atomic E-state index is 0.0917. The van der Waals surface area contributed by atoms with Crippen LogP contribution in [-0.2, 0) is 4.79 Å². The maximum atomic E-state index is 11.2. The molecule has 7 nitrogen and oxygen atoms in total. The van der Waals surface area contributed by atoms with Gasteiger partial charge in [0.1, 0.15) is 5.02 Å². The molecule has 0 unspecified atom stereocenters. The number of nitrogens with one attached hydrogen (secondary N) is 2. The molecule has 29 heavy (non-hydrogen) atoms. The zero-order valence-corrected chi connectivity index (χ0v) is 18.9. The summed E-state index contributed by atoms with van der Waals surface area (Å²) in [6, 6.07) is 0.379. The van der Waals surface area contributed by atoms with Crippen LogP contribution in [0.5, 0.6) is 0 Å². The molecule has 0 aromatic carbocycles. The molecule has 9 heteroatoms. The highest BCUT2D eigenvalue weighted by Gasteiger charge is 2.25. The minimum atomic E-state index is 0.0917. The summed E-state index contributed by atoms with van der Waals surface area (Å²) < 4.78 is 0. The SMILES string of the molecule is CCNc1nc(Cl)c(Cl)c(N2CCN(CC[C@H]3CC[C@H](NC(C)=O)CC3)CC2)n1. The smallest absolute Gasteiger partial charge is 0.226 e. The van der Waals surface area contributed by atoms with E-state index in [1.54, 1.807) is 6.92 Å². The summed E-state index contributed by atoms with van der Waals surface area (Å²) in [6.07, 6.45) is 5.88. The number of nitrogens with zero attached hydrogens (tertiary/aromatic N) is 4. The van der Waals surface area contributed by atoms with Gasteiger partial charge in [-0.2, -0.15) is 9.97 Å². The van der Waals surface area contributed by atoms with Crippen LogP contribution < -0.4 is 15.5 Å². The van der Waals surface area contributed by atoms with Crippen molar-refractivity contribution in [1.29, 1.82) is 0 Å². The highest BCUT2D eigenvalue weighted by molar-refractivity contribution is 6.42. The molecule has 0 bridgehead atoms. The molecular weight excluding hydrogens is 411 g/mol. The van der Waals surface area contributed by atoms with Gasteiger partial charge in [-0.15, -0.1) is 0 Å². The maximum absolute atomic E-state index is 11.2. The Labute approximate surface area is 183 Å². The fraction of sp³-hybridized carbons (Fsp3) is 0.750. The first kappa shape index (κ1) is 22.4. The third-order valence-corrected chi connectivity index (χ3v) is 6.63. The summed E-state index contributed by atoms with van der Waals surface area (Å²) in [6.45, 7) is 9.22. The van der Waals surface area contributed by atoms with Gasteiger partial charge in [0.05, 0.1) is 0 Å². The van der Waals surface area contributed by atoms with Crippen molar-refractivity contribution in [1.82, 2.24) is 20.2 Å². The first-order valence-electron chi connectivity index (χ1n) is 10.7. The lowest BCUT2D eigenvalue weighted by atomic mass is 9.84. The van der Waals surface area contributed by atoms with Gasteiger partial charge >= 0.3 is 0 Å². The zero-order chi connectivity index (χ0) is 20.8. The van der Waals surface area contributed by atoms with E-state index in [9.17, 15) is 4.79 Å². The fourth-order valence-electron chi connectivity index (χ4n) is 4.29. The second-order valence-corrected chi connectivity index (χ2v) is 8.78. The van der Waals surface area contributed by atoms with Crippen LogP contribution in [0, 0.1) is 5.92 Å². The van der Waals surface area contributed by atoms with Gasteiger partial charge in [0.15, 0.2) is 11.0 Å². The van der Waals surface area contributed by atoms with E-state index in [2.05, 4.69) is 30.4 Å². The second-order valence-electron chi connectivity index (χ2n) is 8.04. The molecule has 2 heterocycles. The van der Waals surface area contributed by atoms with Crippen LogP contribution in [0.4, 0.5) is 11.8 Å². The van der Waals surface area contributed by atoms with Crippen LogP contribution in [0.15, 0.2) is 0 Å². The number of carbonyl (C=O) groups excluding carboxylic acids is 1. The lowest BCUT2D eigenvalue weighted by molar-refractivity contribution is -0.119. The molecule has 2 fully saturated rings. The molecular formula is C20H32Cl2N6O. The first-order chi connectivity index (χ1) is 14.0. The van der Waals surface area contributed by atoms with Crippen LogP contribution in [0.2, 0.25) is 10.2 Å². The minimum Gasteiger partial charge on any atom is -0.354 e. The topological polar surface area (TPSA) is 73.4 Å². The van der Waals surface area contributed by atoms with Crippen molar-refractivity contribution in [3.05, 3.63) is 10.2 Å². The highest BCUT2D eigenvalue weighted by Crippen LogP contribution is 2.32. The van der Waals surface area contributed by atoms with E-state index in [0.29, 0.717) is 22.2 Å². The van der Waals surface area contributed by atoms with Crippen molar-refractivity contribution < 1.29 is 4.79 Å². The van der Waals surface area contributed by atoms with Gasteiger partial charge in [-0.1, -0.05) is 23.2 Å². The standard InChI is InChI=1S/C20H32Cl2N6O/c1-3-23-20-25-18(22)17(21)19(26-20)28-12-10-27(11-13-28)9-8-15-4-6-16(7-5-15)24-14(2)29/h15-16H,3-13H2,1-2H3,(H,24,29)(H,23,25,26)/t15-,16-. The Hall–Kier alpha value is -1.31. The zero-order valence-electron chi connectivity index (χ0n) is 17.4. The Morgan fingerprint density at radius 1 is 1.10 bits per heavy atom. The average molecular weight is 443 g/mol. The molecule has 2 N–H and O–H groups in total. The first-order valence-corrected chi connectivity index (χ1v) is 11.4. The van der Waals surface area contributed by atoms with Crippen LogP contribution in [0.3, 0.4) is 0 Å². The van der Waals surface area contributed by atoms with Gasteiger partial charge < -0.3 is 15.5 Å². The Bertz CT molecular complexity index is 688. The predicted octanol–water partition coefficient (Wildman–Crippen LogP) is 3.42. The lowest BCUT2D eigenvalue weighted by Crippen LogP contribution is -2.47. The summed E-state index contributed by atoms with van der Waals surface area (Å²) in [5.74, 6) is 2.11. The number of piperazine rings is 1. The summed E-state index contributed by atoms with van der Waals surface area (Å²) in [7, 11) is 0. The van der Waals surface area contributed by atoms with Crippen molar-refractivity contribution in [2.75, 3.05) is 49.5 Å². The fourth-order valence-corrected chi connectivity index (χ4v) is 4.66. The van der Waals surface area contributed by atoms with Crippen molar-refractivity contribution in [3.63, 3.8) is 0 Å². The average Bonchev–Trinajstić information content (AvgIpc) is 2.70. The molecule has 1 aliphatic carbocycles. The number of anilines is 2. The third kappa shape index (κ3) is 6.33. The van der Waals surface area contributed by atoms with E-state index in [1.165, 1.54) is 19.3 Å². The van der Waals surface area contributed by atoms with E-state index in [4.69, 9.17) is 23.2 Å². The lowest BCUT2D eigenvalue weighted by Gasteiger charge is -2.37. The van der Waals surface area contributed by atoms with Crippen molar-refractivity contribution in [3.8, 4) is 0 Å². The number of amides is 1. The van der Waals surface area contributed by atoms with E-state index >= 15 is 0 Å². The van der Waals surface area contributed by atoms with Crippen LogP contribution >= 0.6 is 23.2 Å². The van der Waals surface area contributed by atoms with Gasteiger partial charge in [-0.25, -0.2) is 0 Å². The third-order valence-electron chi connectivity index (χ3n) is 5.91. The Morgan fingerprint density at radius 3 is 2.41 bits per heavy atom. The molecule has 1 amide bonds.